The monoisotopic (exact) mass is 181 g/mol. The van der Waals surface area contributed by atoms with Crippen LogP contribution in [0.5, 0.6) is 0 Å². The zero-order chi connectivity index (χ0) is 10.0. The Morgan fingerprint density at radius 3 is 2.62 bits per heavy atom. The molecule has 1 aromatic rings. The summed E-state index contributed by atoms with van der Waals surface area (Å²) < 4.78 is 0. The van der Waals surface area contributed by atoms with Gasteiger partial charge in [-0.25, -0.2) is 4.98 Å². The number of aromatic nitrogens is 2. The van der Waals surface area contributed by atoms with E-state index in [1.807, 2.05) is 13.8 Å². The fourth-order valence-electron chi connectivity index (χ4n) is 1.31. The number of likely N-dealkylation sites (N-methyl/N-ethyl adjacent to an activating group) is 1. The molecular weight excluding hydrogens is 166 g/mol. The summed E-state index contributed by atoms with van der Waals surface area (Å²) in [5.41, 5.74) is 1.79. The number of aryl methyl sites for hydroxylation is 1. The number of hydrogen-bond acceptors (Lipinski definition) is 2. The van der Waals surface area contributed by atoms with Crippen molar-refractivity contribution in [1.29, 1.82) is 0 Å². The summed E-state index contributed by atoms with van der Waals surface area (Å²) in [6.45, 7) is 3.78. The number of carbonyl (C=O) groups is 1. The molecule has 1 amide bonds. The number of rotatable bonds is 2. The molecule has 0 fully saturated rings. The Kier molecular flexibility index (Phi) is 2.70. The Bertz CT molecular complexity index is 304. The largest absolute Gasteiger partial charge is 0.348 e. The summed E-state index contributed by atoms with van der Waals surface area (Å²) in [6.07, 6.45) is 1.62. The molecule has 1 rings (SSSR count). The average Bonchev–Trinajstić information content (AvgIpc) is 2.48. The molecule has 4 heteroatoms. The topological polar surface area (TPSA) is 49.0 Å². The minimum atomic E-state index is -0.166. The van der Waals surface area contributed by atoms with Gasteiger partial charge in [0.15, 0.2) is 0 Å². The summed E-state index contributed by atoms with van der Waals surface area (Å²) in [7, 11) is 3.50. The zero-order valence-corrected chi connectivity index (χ0v) is 8.46. The van der Waals surface area contributed by atoms with Gasteiger partial charge < -0.3 is 9.88 Å². The van der Waals surface area contributed by atoms with E-state index in [1.165, 1.54) is 0 Å². The van der Waals surface area contributed by atoms with Crippen LogP contribution in [0.2, 0.25) is 0 Å². The number of nitrogens with zero attached hydrogens (tertiary/aromatic N) is 2. The van der Waals surface area contributed by atoms with E-state index in [0.29, 0.717) is 0 Å². The second-order valence-corrected chi connectivity index (χ2v) is 3.37. The van der Waals surface area contributed by atoms with E-state index in [2.05, 4.69) is 9.97 Å². The third kappa shape index (κ3) is 1.88. The summed E-state index contributed by atoms with van der Waals surface area (Å²) in [5, 5.41) is 0. The van der Waals surface area contributed by atoms with Gasteiger partial charge in [0.2, 0.25) is 5.91 Å². The smallest absolute Gasteiger partial charge is 0.230 e. The van der Waals surface area contributed by atoms with Gasteiger partial charge in [-0.05, 0) is 13.8 Å². The highest BCUT2D eigenvalue weighted by atomic mass is 16.2. The highest BCUT2D eigenvalue weighted by Crippen LogP contribution is 2.16. The van der Waals surface area contributed by atoms with E-state index < -0.39 is 0 Å². The predicted octanol–water partition coefficient (Wildman–Crippen LogP) is 0.910. The molecule has 0 aliphatic rings. The van der Waals surface area contributed by atoms with Gasteiger partial charge in [-0.15, -0.1) is 0 Å². The van der Waals surface area contributed by atoms with Gasteiger partial charge in [0, 0.05) is 19.8 Å². The number of hydrogen-bond donors (Lipinski definition) is 1. The Morgan fingerprint density at radius 1 is 1.62 bits per heavy atom. The molecule has 0 bridgehead atoms. The molecule has 4 nitrogen and oxygen atoms in total. The van der Waals surface area contributed by atoms with Gasteiger partial charge in [0.1, 0.15) is 0 Å². The van der Waals surface area contributed by atoms with E-state index in [9.17, 15) is 4.79 Å². The molecule has 1 unspecified atom stereocenters. The Balaban J connectivity index is 2.85. The van der Waals surface area contributed by atoms with Crippen molar-refractivity contribution in [1.82, 2.24) is 14.9 Å². The van der Waals surface area contributed by atoms with E-state index >= 15 is 0 Å². The van der Waals surface area contributed by atoms with Gasteiger partial charge >= 0.3 is 0 Å². The number of imidazole rings is 1. The van der Waals surface area contributed by atoms with E-state index in [1.54, 1.807) is 25.3 Å². The van der Waals surface area contributed by atoms with Crippen LogP contribution >= 0.6 is 0 Å². The van der Waals surface area contributed by atoms with Gasteiger partial charge in [0.25, 0.3) is 0 Å². The summed E-state index contributed by atoms with van der Waals surface area (Å²) in [4.78, 5) is 20.2. The third-order valence-corrected chi connectivity index (χ3v) is 2.09. The molecule has 72 valence electrons. The number of aromatic amines is 1. The van der Waals surface area contributed by atoms with Crippen LogP contribution in [-0.2, 0) is 4.79 Å². The molecule has 0 aliphatic carbocycles. The summed E-state index contributed by atoms with van der Waals surface area (Å²) in [5.74, 6) is -0.0866. The average molecular weight is 181 g/mol. The SMILES string of the molecule is Cc1[nH]cnc1C(C)C(=O)N(C)C. The Labute approximate surface area is 78.0 Å². The molecule has 1 aromatic heterocycles. The molecule has 0 radical (unpaired) electrons. The first kappa shape index (κ1) is 9.77. The number of H-pyrrole nitrogens is 1. The van der Waals surface area contributed by atoms with E-state index in [4.69, 9.17) is 0 Å². The van der Waals surface area contributed by atoms with Crippen molar-refractivity contribution < 1.29 is 4.79 Å². The molecular formula is C9H15N3O. The standard InChI is InChI=1S/C9H15N3O/c1-6(9(13)12(3)4)8-7(2)10-5-11-8/h5-6H,1-4H3,(H,10,11). The summed E-state index contributed by atoms with van der Waals surface area (Å²) in [6, 6.07) is 0. The predicted molar refractivity (Wildman–Crippen MR) is 50.4 cm³/mol. The van der Waals surface area contributed by atoms with Crippen molar-refractivity contribution in [3.63, 3.8) is 0 Å². The van der Waals surface area contributed by atoms with Crippen LogP contribution in [0.4, 0.5) is 0 Å². The molecule has 0 spiro atoms. The van der Waals surface area contributed by atoms with Gasteiger partial charge in [0.05, 0.1) is 17.9 Å². The summed E-state index contributed by atoms with van der Waals surface area (Å²) >= 11 is 0. The molecule has 0 saturated heterocycles. The van der Waals surface area contributed by atoms with Crippen molar-refractivity contribution in [2.24, 2.45) is 0 Å². The molecule has 1 N–H and O–H groups in total. The molecule has 13 heavy (non-hydrogen) atoms. The van der Waals surface area contributed by atoms with Crippen molar-refractivity contribution >= 4 is 5.91 Å². The molecule has 0 saturated carbocycles. The maximum absolute atomic E-state index is 11.6. The van der Waals surface area contributed by atoms with Gasteiger partial charge in [-0.2, -0.15) is 0 Å². The number of nitrogens with one attached hydrogen (secondary N) is 1. The first-order valence-corrected chi connectivity index (χ1v) is 4.25. The van der Waals surface area contributed by atoms with Crippen molar-refractivity contribution in [3.8, 4) is 0 Å². The van der Waals surface area contributed by atoms with Crippen LogP contribution in [0, 0.1) is 6.92 Å². The minimum Gasteiger partial charge on any atom is -0.348 e. The van der Waals surface area contributed by atoms with E-state index in [-0.39, 0.29) is 11.8 Å². The Hall–Kier alpha value is -1.32. The van der Waals surface area contributed by atoms with Crippen molar-refractivity contribution in [3.05, 3.63) is 17.7 Å². The first-order chi connectivity index (χ1) is 6.04. The lowest BCUT2D eigenvalue weighted by Crippen LogP contribution is -2.27. The fourth-order valence-corrected chi connectivity index (χ4v) is 1.31. The highest BCUT2D eigenvalue weighted by molar-refractivity contribution is 5.82. The lowest BCUT2D eigenvalue weighted by Gasteiger charge is -2.15. The number of amides is 1. The quantitative estimate of drug-likeness (QED) is 0.737. The van der Waals surface area contributed by atoms with Crippen LogP contribution < -0.4 is 0 Å². The fraction of sp³-hybridized carbons (Fsp3) is 0.556. The van der Waals surface area contributed by atoms with E-state index in [0.717, 1.165) is 11.4 Å². The second-order valence-electron chi connectivity index (χ2n) is 3.37. The molecule has 0 aromatic carbocycles. The van der Waals surface area contributed by atoms with Gasteiger partial charge in [-0.3, -0.25) is 4.79 Å². The Morgan fingerprint density at radius 2 is 2.23 bits per heavy atom. The maximum Gasteiger partial charge on any atom is 0.230 e. The van der Waals surface area contributed by atoms with Crippen LogP contribution in [0.3, 0.4) is 0 Å². The number of carbonyl (C=O) groups excluding carboxylic acids is 1. The highest BCUT2D eigenvalue weighted by Gasteiger charge is 2.20. The van der Waals surface area contributed by atoms with Crippen molar-refractivity contribution in [2.45, 2.75) is 19.8 Å². The molecule has 1 heterocycles. The van der Waals surface area contributed by atoms with Crippen molar-refractivity contribution in [2.75, 3.05) is 14.1 Å². The minimum absolute atomic E-state index is 0.0789. The molecule has 0 aliphatic heterocycles. The normalized spacial score (nSPS) is 12.6. The lowest BCUT2D eigenvalue weighted by molar-refractivity contribution is -0.129. The second kappa shape index (κ2) is 3.60. The lowest BCUT2D eigenvalue weighted by atomic mass is 10.1. The molecule has 1 atom stereocenters. The zero-order valence-electron chi connectivity index (χ0n) is 8.46. The van der Waals surface area contributed by atoms with Crippen LogP contribution in [0.15, 0.2) is 6.33 Å². The van der Waals surface area contributed by atoms with Crippen LogP contribution in [0.1, 0.15) is 24.2 Å². The van der Waals surface area contributed by atoms with Crippen LogP contribution in [0.25, 0.3) is 0 Å². The van der Waals surface area contributed by atoms with Crippen LogP contribution in [-0.4, -0.2) is 34.9 Å². The maximum atomic E-state index is 11.6. The first-order valence-electron chi connectivity index (χ1n) is 4.25. The van der Waals surface area contributed by atoms with Gasteiger partial charge in [-0.1, -0.05) is 0 Å². The third-order valence-electron chi connectivity index (χ3n) is 2.09.